The Labute approximate surface area is 109 Å². The first-order chi connectivity index (χ1) is 8.68. The van der Waals surface area contributed by atoms with Crippen LogP contribution in [0.5, 0.6) is 0 Å². The Morgan fingerprint density at radius 2 is 1.74 bits per heavy atom. The van der Waals surface area contributed by atoms with Gasteiger partial charge in [0.2, 0.25) is 0 Å². The van der Waals surface area contributed by atoms with Crippen molar-refractivity contribution in [2.45, 2.75) is 32.4 Å². The Morgan fingerprint density at radius 1 is 1.05 bits per heavy atom. The Balaban J connectivity index is 2.40. The fourth-order valence-electron chi connectivity index (χ4n) is 1.73. The zero-order valence-electron chi connectivity index (χ0n) is 11.0. The Hall–Kier alpha value is -1.78. The second-order valence-corrected chi connectivity index (χ2v) is 5.44. The number of aromatic nitrogens is 2. The smallest absolute Gasteiger partial charge is 0.240 e. The van der Waals surface area contributed by atoms with Crippen LogP contribution in [-0.2, 0) is 11.6 Å². The van der Waals surface area contributed by atoms with Crippen LogP contribution in [0.4, 0.5) is 13.2 Å². The number of nitrogens with zero attached hydrogens (tertiary/aromatic N) is 2. The predicted molar refractivity (Wildman–Crippen MR) is 67.3 cm³/mol. The van der Waals surface area contributed by atoms with Gasteiger partial charge in [-0.3, -0.25) is 0 Å². The average Bonchev–Trinajstić information content (AvgIpc) is 2.77. The molecule has 0 N–H and O–H groups in total. The molecule has 0 spiro atoms. The van der Waals surface area contributed by atoms with E-state index in [1.54, 1.807) is 6.07 Å². The molecule has 19 heavy (non-hydrogen) atoms. The van der Waals surface area contributed by atoms with Gasteiger partial charge in [-0.2, -0.15) is 18.3 Å². The number of hydrogen-bond acceptors (Lipinski definition) is 1. The fraction of sp³-hybridized carbons (Fsp3) is 0.357. The summed E-state index contributed by atoms with van der Waals surface area (Å²) >= 11 is 0. The van der Waals surface area contributed by atoms with Gasteiger partial charge in [0.1, 0.15) is 0 Å². The highest BCUT2D eigenvalue weighted by Crippen LogP contribution is 2.28. The van der Waals surface area contributed by atoms with Gasteiger partial charge in [0.05, 0.1) is 5.69 Å². The molecule has 0 aliphatic carbocycles. The highest BCUT2D eigenvalue weighted by atomic mass is 19.4. The standard InChI is InChI=1S/C14H15F3N2/c1-13(2,3)10-5-4-6-11(9-10)19-8-7-12(18-19)14(15,16)17/h4-9H,1-3H3. The van der Waals surface area contributed by atoms with Crippen LogP contribution in [0.25, 0.3) is 5.69 Å². The topological polar surface area (TPSA) is 17.8 Å². The average molecular weight is 268 g/mol. The van der Waals surface area contributed by atoms with Gasteiger partial charge in [0, 0.05) is 6.20 Å². The molecule has 0 unspecified atom stereocenters. The van der Waals surface area contributed by atoms with Gasteiger partial charge in [0.25, 0.3) is 0 Å². The van der Waals surface area contributed by atoms with E-state index in [4.69, 9.17) is 0 Å². The third-order valence-electron chi connectivity index (χ3n) is 2.86. The summed E-state index contributed by atoms with van der Waals surface area (Å²) in [6.45, 7) is 6.16. The van der Waals surface area contributed by atoms with E-state index in [2.05, 4.69) is 25.9 Å². The SMILES string of the molecule is CC(C)(C)c1cccc(-n2ccc(C(F)(F)F)n2)c1. The largest absolute Gasteiger partial charge is 0.435 e. The van der Waals surface area contributed by atoms with E-state index < -0.39 is 11.9 Å². The first kappa shape index (κ1) is 13.6. The molecule has 0 radical (unpaired) electrons. The van der Waals surface area contributed by atoms with Crippen LogP contribution in [0.2, 0.25) is 0 Å². The van der Waals surface area contributed by atoms with Gasteiger partial charge >= 0.3 is 6.18 Å². The highest BCUT2D eigenvalue weighted by Gasteiger charge is 2.33. The normalized spacial score (nSPS) is 12.7. The Bertz CT molecular complexity index is 577. The fourth-order valence-corrected chi connectivity index (χ4v) is 1.73. The van der Waals surface area contributed by atoms with Crippen molar-refractivity contribution in [2.75, 3.05) is 0 Å². The summed E-state index contributed by atoms with van der Waals surface area (Å²) in [5.41, 5.74) is 0.737. The number of rotatable bonds is 1. The molecule has 0 bridgehead atoms. The van der Waals surface area contributed by atoms with Gasteiger partial charge in [-0.1, -0.05) is 32.9 Å². The summed E-state index contributed by atoms with van der Waals surface area (Å²) in [4.78, 5) is 0. The quantitative estimate of drug-likeness (QED) is 0.758. The van der Waals surface area contributed by atoms with Crippen LogP contribution >= 0.6 is 0 Å². The number of hydrogen-bond donors (Lipinski definition) is 0. The molecule has 0 atom stereocenters. The lowest BCUT2D eigenvalue weighted by atomic mass is 9.87. The monoisotopic (exact) mass is 268 g/mol. The van der Waals surface area contributed by atoms with Crippen molar-refractivity contribution in [3.63, 3.8) is 0 Å². The minimum absolute atomic E-state index is 0.0595. The Morgan fingerprint density at radius 3 is 2.26 bits per heavy atom. The molecule has 1 aromatic carbocycles. The van der Waals surface area contributed by atoms with Crippen LogP contribution < -0.4 is 0 Å². The summed E-state index contributed by atoms with van der Waals surface area (Å²) in [5, 5.41) is 3.57. The minimum atomic E-state index is -4.41. The Kier molecular flexibility index (Phi) is 3.16. The van der Waals surface area contributed by atoms with Crippen LogP contribution in [0.3, 0.4) is 0 Å². The summed E-state index contributed by atoms with van der Waals surface area (Å²) < 4.78 is 38.8. The molecule has 0 aliphatic rings. The van der Waals surface area contributed by atoms with Crippen molar-refractivity contribution in [1.29, 1.82) is 0 Å². The molecule has 102 valence electrons. The lowest BCUT2D eigenvalue weighted by Gasteiger charge is -2.19. The molecule has 5 heteroatoms. The van der Waals surface area contributed by atoms with Gasteiger partial charge in [0.15, 0.2) is 5.69 Å². The van der Waals surface area contributed by atoms with E-state index in [1.165, 1.54) is 10.9 Å². The van der Waals surface area contributed by atoms with Crippen LogP contribution in [-0.4, -0.2) is 9.78 Å². The minimum Gasteiger partial charge on any atom is -0.240 e. The zero-order chi connectivity index (χ0) is 14.3. The molecule has 1 heterocycles. The van der Waals surface area contributed by atoms with Crippen molar-refractivity contribution in [2.24, 2.45) is 0 Å². The van der Waals surface area contributed by atoms with Crippen molar-refractivity contribution >= 4 is 0 Å². The maximum atomic E-state index is 12.5. The van der Waals surface area contributed by atoms with Crippen molar-refractivity contribution in [3.05, 3.63) is 47.8 Å². The molecule has 2 aromatic rings. The molecule has 1 aromatic heterocycles. The lowest BCUT2D eigenvalue weighted by molar-refractivity contribution is -0.141. The summed E-state index contributed by atoms with van der Waals surface area (Å²) in [6.07, 6.45) is -3.09. The molecule has 0 aliphatic heterocycles. The van der Waals surface area contributed by atoms with E-state index in [-0.39, 0.29) is 5.41 Å². The van der Waals surface area contributed by atoms with Crippen molar-refractivity contribution < 1.29 is 13.2 Å². The van der Waals surface area contributed by atoms with E-state index in [1.807, 2.05) is 18.2 Å². The van der Waals surface area contributed by atoms with E-state index >= 15 is 0 Å². The van der Waals surface area contributed by atoms with E-state index in [9.17, 15) is 13.2 Å². The van der Waals surface area contributed by atoms with E-state index in [0.29, 0.717) is 5.69 Å². The molecule has 2 nitrogen and oxygen atoms in total. The van der Waals surface area contributed by atoms with E-state index in [0.717, 1.165) is 11.6 Å². The van der Waals surface area contributed by atoms with Crippen LogP contribution in [0.1, 0.15) is 32.0 Å². The van der Waals surface area contributed by atoms with Crippen LogP contribution in [0, 0.1) is 0 Å². The van der Waals surface area contributed by atoms with Gasteiger partial charge in [-0.05, 0) is 29.2 Å². The third-order valence-corrected chi connectivity index (χ3v) is 2.86. The lowest BCUT2D eigenvalue weighted by Crippen LogP contribution is -2.12. The van der Waals surface area contributed by atoms with Gasteiger partial charge < -0.3 is 0 Å². The highest BCUT2D eigenvalue weighted by molar-refractivity contribution is 5.38. The van der Waals surface area contributed by atoms with Crippen molar-refractivity contribution in [3.8, 4) is 5.69 Å². The second kappa shape index (κ2) is 4.40. The summed E-state index contributed by atoms with van der Waals surface area (Å²) in [5.74, 6) is 0. The summed E-state index contributed by atoms with van der Waals surface area (Å²) in [6, 6.07) is 8.35. The zero-order valence-corrected chi connectivity index (χ0v) is 11.0. The molecule has 0 amide bonds. The van der Waals surface area contributed by atoms with Gasteiger partial charge in [-0.15, -0.1) is 0 Å². The molecule has 0 fully saturated rings. The van der Waals surface area contributed by atoms with Gasteiger partial charge in [-0.25, -0.2) is 4.68 Å². The number of benzene rings is 1. The predicted octanol–water partition coefficient (Wildman–Crippen LogP) is 4.19. The first-order valence-electron chi connectivity index (χ1n) is 5.92. The van der Waals surface area contributed by atoms with Crippen LogP contribution in [0.15, 0.2) is 36.5 Å². The maximum Gasteiger partial charge on any atom is 0.435 e. The number of halogens is 3. The third kappa shape index (κ3) is 2.97. The summed E-state index contributed by atoms with van der Waals surface area (Å²) in [7, 11) is 0. The molecule has 2 rings (SSSR count). The first-order valence-corrected chi connectivity index (χ1v) is 5.92. The molecule has 0 saturated carbocycles. The molecular formula is C14H15F3N2. The number of alkyl halides is 3. The molecule has 0 saturated heterocycles. The maximum absolute atomic E-state index is 12.5. The van der Waals surface area contributed by atoms with Crippen molar-refractivity contribution in [1.82, 2.24) is 9.78 Å². The second-order valence-electron chi connectivity index (χ2n) is 5.44. The molecular weight excluding hydrogens is 253 g/mol.